The summed E-state index contributed by atoms with van der Waals surface area (Å²) in [5.41, 5.74) is 0. The van der Waals surface area contributed by atoms with Crippen LogP contribution in [-0.2, 0) is 21.6 Å². The van der Waals surface area contributed by atoms with Crippen molar-refractivity contribution in [1.29, 1.82) is 0 Å². The van der Waals surface area contributed by atoms with Crippen LogP contribution in [-0.4, -0.2) is 5.97 Å². The molecule has 0 aromatic heterocycles. The van der Waals surface area contributed by atoms with Crippen LogP contribution in [0.15, 0.2) is 12.7 Å². The molecule has 0 unspecified atom stereocenters. The average molecular weight is 130 g/mol. The van der Waals surface area contributed by atoms with Crippen molar-refractivity contribution in [2.24, 2.45) is 0 Å². The summed E-state index contributed by atoms with van der Waals surface area (Å²) in [6, 6.07) is 0. The minimum atomic E-state index is -1.23. The van der Waals surface area contributed by atoms with Gasteiger partial charge in [-0.2, -0.15) is 0 Å². The minimum absolute atomic E-state index is 0. The van der Waals surface area contributed by atoms with Crippen molar-refractivity contribution in [2.45, 2.75) is 0 Å². The Morgan fingerprint density at radius 1 is 1.83 bits per heavy atom. The number of rotatable bonds is 1. The number of carboxylic acids is 1. The van der Waals surface area contributed by atoms with Crippen LogP contribution in [0.1, 0.15) is 0 Å². The van der Waals surface area contributed by atoms with Crippen molar-refractivity contribution in [3.63, 3.8) is 0 Å². The summed E-state index contributed by atoms with van der Waals surface area (Å²) in [6.45, 7) is 2.90. The molecule has 0 aliphatic carbocycles. The van der Waals surface area contributed by atoms with Crippen LogP contribution in [0.2, 0.25) is 0 Å². The number of carboxylic acid groups (broad SMARTS) is 1. The van der Waals surface area contributed by atoms with E-state index in [1.807, 2.05) is 0 Å². The van der Waals surface area contributed by atoms with Gasteiger partial charge in [0, 0.05) is 0 Å². The van der Waals surface area contributed by atoms with E-state index in [-0.39, 0.29) is 16.8 Å². The van der Waals surface area contributed by atoms with E-state index in [0.717, 1.165) is 6.08 Å². The van der Waals surface area contributed by atoms with Crippen LogP contribution in [0, 0.1) is 0 Å². The van der Waals surface area contributed by atoms with Gasteiger partial charge in [-0.1, -0.05) is 6.58 Å². The first-order chi connectivity index (χ1) is 2.27. The number of carbonyl (C=O) groups excluding carboxylic acids is 1. The molecule has 0 aromatic carbocycles. The van der Waals surface area contributed by atoms with Gasteiger partial charge in [-0.25, -0.2) is 0 Å². The smallest absolute Gasteiger partial charge is 0.545 e. The molecular formula is C3H3CoO2+. The Morgan fingerprint density at radius 2 is 2.00 bits per heavy atom. The molecule has 0 spiro atoms. The Balaban J connectivity index is 0. The zero-order valence-electron chi connectivity index (χ0n) is 2.93. The van der Waals surface area contributed by atoms with Crippen molar-refractivity contribution < 1.29 is 26.7 Å². The van der Waals surface area contributed by atoms with Gasteiger partial charge in [0.2, 0.25) is 0 Å². The van der Waals surface area contributed by atoms with E-state index >= 15 is 0 Å². The molecule has 0 fully saturated rings. The van der Waals surface area contributed by atoms with Crippen LogP contribution in [0.25, 0.3) is 0 Å². The third-order valence-corrected chi connectivity index (χ3v) is 0.167. The molecular weight excluding hydrogens is 127 g/mol. The largest absolute Gasteiger partial charge is 2.00 e. The quantitative estimate of drug-likeness (QED) is 0.423. The fraction of sp³-hybridized carbons (Fsp3) is 0. The monoisotopic (exact) mass is 130 g/mol. The summed E-state index contributed by atoms with van der Waals surface area (Å²) in [7, 11) is 0. The predicted octanol–water partition coefficient (Wildman–Crippen LogP) is -1.08. The van der Waals surface area contributed by atoms with Crippen molar-refractivity contribution in [2.75, 3.05) is 0 Å². The Hall–Kier alpha value is -0.284. The Labute approximate surface area is 46.1 Å². The number of hydrogen-bond acceptors (Lipinski definition) is 2. The number of aliphatic carboxylic acids is 1. The van der Waals surface area contributed by atoms with Gasteiger partial charge in [-0.3, -0.25) is 0 Å². The topological polar surface area (TPSA) is 40.1 Å². The summed E-state index contributed by atoms with van der Waals surface area (Å²) in [6.07, 6.45) is 0.722. The van der Waals surface area contributed by atoms with Gasteiger partial charge in [0.25, 0.3) is 0 Å². The van der Waals surface area contributed by atoms with Crippen molar-refractivity contribution in [1.82, 2.24) is 0 Å². The maximum Gasteiger partial charge on any atom is 2.00 e. The third-order valence-electron chi connectivity index (χ3n) is 0.167. The third kappa shape index (κ3) is 9.31. The molecule has 0 bridgehead atoms. The molecule has 0 aliphatic heterocycles. The maximum absolute atomic E-state index is 9.14. The zero-order chi connectivity index (χ0) is 4.28. The SMILES string of the molecule is C=CC(=O)[O-].[Co+2]. The van der Waals surface area contributed by atoms with E-state index in [1.165, 1.54) is 0 Å². The second-order valence-electron chi connectivity index (χ2n) is 0.523. The van der Waals surface area contributed by atoms with E-state index in [0.29, 0.717) is 0 Å². The molecule has 2 nitrogen and oxygen atoms in total. The molecule has 0 saturated heterocycles. The first-order valence-corrected chi connectivity index (χ1v) is 1.11. The molecule has 0 atom stereocenters. The Morgan fingerprint density at radius 3 is 2.00 bits per heavy atom. The van der Waals surface area contributed by atoms with E-state index in [2.05, 4.69) is 6.58 Å². The average Bonchev–Trinajstić information content (AvgIpc) is 1.38. The summed E-state index contributed by atoms with van der Waals surface area (Å²) in [5.74, 6) is -1.23. The van der Waals surface area contributed by atoms with Crippen molar-refractivity contribution in [3.05, 3.63) is 12.7 Å². The molecule has 3 heteroatoms. The van der Waals surface area contributed by atoms with Gasteiger partial charge < -0.3 is 9.90 Å². The van der Waals surface area contributed by atoms with Crippen molar-refractivity contribution >= 4 is 5.97 Å². The number of hydrogen-bond donors (Lipinski definition) is 0. The molecule has 6 heavy (non-hydrogen) atoms. The Kier molecular flexibility index (Phi) is 7.24. The van der Waals surface area contributed by atoms with Crippen LogP contribution in [0.3, 0.4) is 0 Å². The summed E-state index contributed by atoms with van der Waals surface area (Å²) >= 11 is 0. The molecule has 1 radical (unpaired) electrons. The van der Waals surface area contributed by atoms with E-state index in [1.54, 1.807) is 0 Å². The summed E-state index contributed by atoms with van der Waals surface area (Å²) < 4.78 is 0. The molecule has 0 aliphatic rings. The minimum Gasteiger partial charge on any atom is -0.545 e. The Bertz CT molecular complexity index is 59.8. The molecule has 0 saturated carbocycles. The zero-order valence-corrected chi connectivity index (χ0v) is 3.98. The molecule has 0 aromatic rings. The van der Waals surface area contributed by atoms with Crippen LogP contribution in [0.5, 0.6) is 0 Å². The molecule has 0 N–H and O–H groups in total. The van der Waals surface area contributed by atoms with E-state index < -0.39 is 5.97 Å². The van der Waals surface area contributed by atoms with E-state index in [4.69, 9.17) is 9.90 Å². The standard InChI is InChI=1S/C3H4O2.Co/c1-2-3(4)5;/h2H,1H2,(H,4,5);/q;+2/p-1. The fourth-order valence-corrected chi connectivity index (χ4v) is 0. The second kappa shape index (κ2) is 4.72. The van der Waals surface area contributed by atoms with Gasteiger partial charge in [0.15, 0.2) is 0 Å². The normalized spacial score (nSPS) is 5.33. The predicted molar refractivity (Wildman–Crippen MR) is 15.2 cm³/mol. The fourth-order valence-electron chi connectivity index (χ4n) is 0. The molecule has 35 valence electrons. The molecule has 0 amide bonds. The number of carbonyl (C=O) groups is 1. The van der Waals surface area contributed by atoms with Gasteiger partial charge >= 0.3 is 16.8 Å². The van der Waals surface area contributed by atoms with Crippen LogP contribution >= 0.6 is 0 Å². The maximum atomic E-state index is 9.14. The van der Waals surface area contributed by atoms with Crippen LogP contribution < -0.4 is 5.11 Å². The second-order valence-corrected chi connectivity index (χ2v) is 0.523. The summed E-state index contributed by atoms with van der Waals surface area (Å²) in [4.78, 5) is 9.14. The first-order valence-electron chi connectivity index (χ1n) is 1.11. The first kappa shape index (κ1) is 9.21. The van der Waals surface area contributed by atoms with Gasteiger partial charge in [0.1, 0.15) is 0 Å². The van der Waals surface area contributed by atoms with Crippen molar-refractivity contribution in [3.8, 4) is 0 Å². The molecule has 0 heterocycles. The van der Waals surface area contributed by atoms with Gasteiger partial charge in [-0.15, -0.1) is 0 Å². The van der Waals surface area contributed by atoms with Gasteiger partial charge in [0.05, 0.1) is 5.97 Å². The van der Waals surface area contributed by atoms with Gasteiger partial charge in [-0.05, 0) is 6.08 Å². The van der Waals surface area contributed by atoms with E-state index in [9.17, 15) is 0 Å². The molecule has 0 rings (SSSR count). The van der Waals surface area contributed by atoms with Crippen LogP contribution in [0.4, 0.5) is 0 Å². The summed E-state index contributed by atoms with van der Waals surface area (Å²) in [5, 5.41) is 9.14.